The van der Waals surface area contributed by atoms with E-state index >= 15 is 0 Å². The lowest BCUT2D eigenvalue weighted by atomic mass is 9.95. The molecule has 0 aromatic rings. The Morgan fingerprint density at radius 3 is 0.351 bits per heavy atom. The van der Waals surface area contributed by atoms with Gasteiger partial charge in [-0.1, -0.05) is 0 Å². The van der Waals surface area contributed by atoms with E-state index in [1.807, 2.05) is 0 Å². The van der Waals surface area contributed by atoms with E-state index in [1.54, 1.807) is 0 Å². The predicted octanol–water partition coefficient (Wildman–Crippen LogP) is -15.2. The van der Waals surface area contributed by atoms with Crippen molar-refractivity contribution in [3.05, 3.63) is 0 Å². The molecule has 14 bridgehead atoms. The van der Waals surface area contributed by atoms with Crippen molar-refractivity contribution in [3.63, 3.8) is 0 Å². The van der Waals surface area contributed by atoms with Crippen LogP contribution in [-0.4, -0.2) is 368 Å². The molecule has 77 heavy (non-hydrogen) atoms. The van der Waals surface area contributed by atoms with Crippen LogP contribution in [0.1, 0.15) is 0 Å². The van der Waals surface area contributed by atoms with Gasteiger partial charge in [0.1, 0.15) is 171 Å². The van der Waals surface area contributed by atoms with Crippen LogP contribution in [-0.2, 0) is 66.3 Å². The monoisotopic (exact) mass is 1130 g/mol. The number of ether oxygens (including phenoxy) is 14. The Morgan fingerprint density at radius 1 is 0.156 bits per heavy atom. The third-order valence-electron chi connectivity index (χ3n) is 14.8. The van der Waals surface area contributed by atoms with Gasteiger partial charge < -0.3 is 174 Å². The summed E-state index contributed by atoms with van der Waals surface area (Å²) in [5.74, 6) is 0. The summed E-state index contributed by atoms with van der Waals surface area (Å²) in [5, 5.41) is 230. The lowest BCUT2D eigenvalue weighted by Crippen LogP contribution is -2.68. The molecule has 21 fully saturated rings. The molecule has 0 aromatic carbocycles. The summed E-state index contributed by atoms with van der Waals surface area (Å²) < 4.78 is 79.5. The van der Waals surface area contributed by atoms with Crippen LogP contribution in [0.15, 0.2) is 0 Å². The third kappa shape index (κ3) is 12.1. The molecule has 35 heteroatoms. The van der Waals surface area contributed by atoms with Crippen molar-refractivity contribution in [3.8, 4) is 0 Å². The molecule has 21 aliphatic rings. The van der Waals surface area contributed by atoms with Crippen LogP contribution < -0.4 is 0 Å². The highest BCUT2D eigenvalue weighted by Crippen LogP contribution is 2.39. The number of hydrogen-bond donors (Lipinski definition) is 21. The normalized spacial score (nSPS) is 55.4. The van der Waals surface area contributed by atoms with Crippen molar-refractivity contribution in [2.45, 2.75) is 215 Å². The van der Waals surface area contributed by atoms with Crippen LogP contribution in [0.5, 0.6) is 0 Å². The van der Waals surface area contributed by atoms with Gasteiger partial charge in [-0.15, -0.1) is 0 Å². The Kier molecular flexibility index (Phi) is 20.8. The van der Waals surface area contributed by atoms with Crippen molar-refractivity contribution in [2.75, 3.05) is 46.2 Å². The molecule has 0 radical (unpaired) electrons. The summed E-state index contributed by atoms with van der Waals surface area (Å²) in [6.07, 6.45) is -70.2. The second-order valence-corrected chi connectivity index (χ2v) is 19.7. The van der Waals surface area contributed by atoms with Gasteiger partial charge in [0, 0.05) is 0 Å². The Morgan fingerprint density at radius 2 is 0.260 bits per heavy atom. The quantitative estimate of drug-likeness (QED) is 0.113. The second-order valence-electron chi connectivity index (χ2n) is 19.7. The maximum absolute atomic E-state index is 11.3. The highest BCUT2D eigenvalue weighted by molar-refractivity contribution is 5.01. The lowest BCUT2D eigenvalue weighted by molar-refractivity contribution is -0.396. The molecule has 21 heterocycles. The molecular formula is C42H70O35. The Labute approximate surface area is 434 Å². The number of aliphatic hydroxyl groups is 21. The largest absolute Gasteiger partial charge is 0.394 e. The first-order valence-corrected chi connectivity index (χ1v) is 24.6. The standard InChI is InChI=1S/C42H70O35/c43-1-8-29-15(50)22(57)36(64-8)72-30-9(2-44)66-38(24(59)17(30)52)74-32-11(4-46)68-40(26(61)19(32)54)76-34-13(6-48)70-42(28(63)21(34)56)77-35-14(7-49)69-41(27(62)20(35)55)75-33-12(5-47)67-39(25(60)18(33)53)73-31-10(3-45)65-37(71-29)23(58)16(31)51/h8-63H,1-7H2/t8?,9?,10?,11?,12?,13?,14?,15-,16-,17-,18-,19-,20-,21-,22?,23?,24?,25?,26?,27?,28?,29-,30+,31+,32+,33+,34+,35+,36+,37+,38+,39+,40+,41+,42+/m1/s1. The van der Waals surface area contributed by atoms with Crippen molar-refractivity contribution >= 4 is 0 Å². The Balaban J connectivity index is 1.08. The van der Waals surface area contributed by atoms with Crippen LogP contribution >= 0.6 is 0 Å². The Bertz CT molecular complexity index is 1470. The molecule has 0 saturated carbocycles. The number of aliphatic hydroxyl groups excluding tert-OH is 21. The molecule has 35 nitrogen and oxygen atoms in total. The smallest absolute Gasteiger partial charge is 0.187 e. The first-order chi connectivity index (χ1) is 36.7. The van der Waals surface area contributed by atoms with Crippen molar-refractivity contribution < 1.29 is 174 Å². The third-order valence-corrected chi connectivity index (χ3v) is 14.8. The first-order valence-electron chi connectivity index (χ1n) is 24.6. The minimum atomic E-state index is -2.21. The van der Waals surface area contributed by atoms with E-state index in [9.17, 15) is 107 Å². The highest BCUT2D eigenvalue weighted by atomic mass is 16.8. The van der Waals surface area contributed by atoms with Crippen LogP contribution in [0.4, 0.5) is 0 Å². The zero-order chi connectivity index (χ0) is 56.1. The van der Waals surface area contributed by atoms with E-state index in [2.05, 4.69) is 0 Å². The second kappa shape index (κ2) is 26.0. The molecule has 21 aliphatic heterocycles. The minimum absolute atomic E-state index is 1.05. The molecule has 35 atom stereocenters. The van der Waals surface area contributed by atoms with Crippen molar-refractivity contribution in [1.29, 1.82) is 0 Å². The summed E-state index contributed by atoms with van der Waals surface area (Å²) in [4.78, 5) is 0. The lowest BCUT2D eigenvalue weighted by Gasteiger charge is -2.50. The van der Waals surface area contributed by atoms with E-state index in [4.69, 9.17) is 66.3 Å². The fraction of sp³-hybridized carbons (Fsp3) is 1.00. The van der Waals surface area contributed by atoms with Crippen LogP contribution in [0, 0.1) is 0 Å². The summed E-state index contributed by atoms with van der Waals surface area (Å²) >= 11 is 0. The summed E-state index contributed by atoms with van der Waals surface area (Å²) in [6.45, 7) is -7.33. The fourth-order valence-corrected chi connectivity index (χ4v) is 10.4. The summed E-state index contributed by atoms with van der Waals surface area (Å²) in [7, 11) is 0. The molecule has 0 aromatic heterocycles. The van der Waals surface area contributed by atoms with Gasteiger partial charge in [-0.25, -0.2) is 0 Å². The molecule has 21 saturated heterocycles. The van der Waals surface area contributed by atoms with E-state index < -0.39 is 261 Å². The average Bonchev–Trinajstić information content (AvgIpc) is 3.47. The van der Waals surface area contributed by atoms with Gasteiger partial charge in [-0.2, -0.15) is 0 Å². The number of hydrogen-bond acceptors (Lipinski definition) is 35. The molecule has 21 N–H and O–H groups in total. The van der Waals surface area contributed by atoms with E-state index in [-0.39, 0.29) is 0 Å². The number of rotatable bonds is 7. The van der Waals surface area contributed by atoms with Gasteiger partial charge in [0.05, 0.1) is 46.2 Å². The summed E-state index contributed by atoms with van der Waals surface area (Å²) in [6, 6.07) is 0. The van der Waals surface area contributed by atoms with Gasteiger partial charge in [0.25, 0.3) is 0 Å². The van der Waals surface area contributed by atoms with E-state index in [0.717, 1.165) is 0 Å². The zero-order valence-electron chi connectivity index (χ0n) is 40.3. The maximum atomic E-state index is 11.3. The molecule has 14 unspecified atom stereocenters. The van der Waals surface area contributed by atoms with Crippen molar-refractivity contribution in [2.24, 2.45) is 0 Å². The predicted molar refractivity (Wildman–Crippen MR) is 228 cm³/mol. The minimum Gasteiger partial charge on any atom is -0.394 e. The van der Waals surface area contributed by atoms with Gasteiger partial charge in [-0.05, 0) is 0 Å². The molecule has 0 aliphatic carbocycles. The van der Waals surface area contributed by atoms with Crippen molar-refractivity contribution in [1.82, 2.24) is 0 Å². The highest BCUT2D eigenvalue weighted by Gasteiger charge is 2.59. The van der Waals surface area contributed by atoms with Crippen LogP contribution in [0.25, 0.3) is 0 Å². The molecule has 0 spiro atoms. The summed E-state index contributed by atoms with van der Waals surface area (Å²) in [5.41, 5.74) is 0. The first kappa shape index (κ1) is 61.7. The van der Waals surface area contributed by atoms with Gasteiger partial charge >= 0.3 is 0 Å². The van der Waals surface area contributed by atoms with Crippen LogP contribution in [0.3, 0.4) is 0 Å². The Hall–Kier alpha value is -1.40. The molecule has 448 valence electrons. The molecule has 21 rings (SSSR count). The molecule has 0 amide bonds. The average molecular weight is 1130 g/mol. The van der Waals surface area contributed by atoms with E-state index in [1.165, 1.54) is 0 Å². The zero-order valence-corrected chi connectivity index (χ0v) is 40.3. The van der Waals surface area contributed by atoms with Gasteiger partial charge in [0.2, 0.25) is 0 Å². The maximum Gasteiger partial charge on any atom is 0.187 e. The fourth-order valence-electron chi connectivity index (χ4n) is 10.4. The van der Waals surface area contributed by atoms with E-state index in [0.29, 0.717) is 0 Å². The van der Waals surface area contributed by atoms with Crippen LogP contribution in [0.2, 0.25) is 0 Å². The topological polar surface area (TPSA) is 554 Å². The van der Waals surface area contributed by atoms with Gasteiger partial charge in [-0.3, -0.25) is 0 Å². The SMILES string of the molecule is OCC1O[C@H]2O[C@H]3C(CO)O[C@@H](O[C@H]4C(CO)O[C@@H](O[C@H]5C(CO)O[C@@H](O[C@H]6C(CO)O[C@@H](O[C@H]7C(CO)O[C@@H](O[C@H]8C(CO)O[C@@H](O[C@H]1[C@H](O)C2O)C(O)[C@H]8O)C(O)[C@H]7O)C(O)[C@H]6O)C(O)[C@H]5O)C(O)[C@H]4O)C(O)[C@H]3O. The van der Waals surface area contributed by atoms with Gasteiger partial charge in [0.15, 0.2) is 44.0 Å². The molecular weight excluding hydrogens is 1060 g/mol.